The summed E-state index contributed by atoms with van der Waals surface area (Å²) in [5.41, 5.74) is -3.61. The predicted molar refractivity (Wildman–Crippen MR) is 54.1 cm³/mol. The predicted octanol–water partition coefficient (Wildman–Crippen LogP) is 1.10. The fourth-order valence-corrected chi connectivity index (χ4v) is 1.59. The zero-order valence-corrected chi connectivity index (χ0v) is 9.34. The zero-order valence-electron chi connectivity index (χ0n) is 9.34. The highest BCUT2D eigenvalue weighted by Crippen LogP contribution is 2.32. The van der Waals surface area contributed by atoms with E-state index in [2.05, 4.69) is 15.4 Å². The van der Waals surface area contributed by atoms with Gasteiger partial charge < -0.3 is 5.11 Å². The van der Waals surface area contributed by atoms with Crippen molar-refractivity contribution in [1.29, 1.82) is 0 Å². The van der Waals surface area contributed by atoms with Crippen molar-refractivity contribution in [2.75, 3.05) is 0 Å². The summed E-state index contributed by atoms with van der Waals surface area (Å²) >= 11 is 0. The molecular formula is C10H8F4N4O. The molecule has 1 heterocycles. The van der Waals surface area contributed by atoms with Crippen molar-refractivity contribution in [1.82, 2.24) is 20.2 Å². The van der Waals surface area contributed by atoms with E-state index in [0.717, 1.165) is 18.5 Å². The number of halogens is 4. The molecular weight excluding hydrogens is 268 g/mol. The van der Waals surface area contributed by atoms with Gasteiger partial charge in [0.2, 0.25) is 0 Å². The van der Waals surface area contributed by atoms with Crippen molar-refractivity contribution >= 4 is 0 Å². The molecule has 1 aromatic carbocycles. The van der Waals surface area contributed by atoms with Gasteiger partial charge >= 0.3 is 0 Å². The normalized spacial score (nSPS) is 14.6. The van der Waals surface area contributed by atoms with E-state index in [1.165, 1.54) is 0 Å². The summed E-state index contributed by atoms with van der Waals surface area (Å²) in [6.07, 6.45) is -2.34. The second-order valence-electron chi connectivity index (χ2n) is 3.82. The van der Waals surface area contributed by atoms with E-state index in [0.29, 0.717) is 10.9 Å². The van der Waals surface area contributed by atoms with Crippen LogP contribution in [0.5, 0.6) is 0 Å². The van der Waals surface area contributed by atoms with E-state index in [4.69, 9.17) is 0 Å². The van der Waals surface area contributed by atoms with Gasteiger partial charge in [-0.2, -0.15) is 4.80 Å². The topological polar surface area (TPSA) is 63.8 Å². The molecule has 0 fully saturated rings. The summed E-state index contributed by atoms with van der Waals surface area (Å²) < 4.78 is 52.4. The molecule has 0 saturated heterocycles. The largest absolute Gasteiger partial charge is 0.377 e. The van der Waals surface area contributed by atoms with Crippen molar-refractivity contribution < 1.29 is 22.7 Å². The Hall–Kier alpha value is -2.03. The fraction of sp³-hybridized carbons (Fsp3) is 0.300. The van der Waals surface area contributed by atoms with Crippen LogP contribution < -0.4 is 0 Å². The van der Waals surface area contributed by atoms with Gasteiger partial charge in [-0.05, 0) is 11.3 Å². The minimum atomic E-state index is -3.32. The number of benzene rings is 1. The maximum atomic E-state index is 13.5. The average molecular weight is 276 g/mol. The van der Waals surface area contributed by atoms with Gasteiger partial charge in [0.15, 0.2) is 11.9 Å². The number of nitrogens with zero attached hydrogens (tertiary/aromatic N) is 4. The summed E-state index contributed by atoms with van der Waals surface area (Å²) in [6.45, 7) is -0.812. The van der Waals surface area contributed by atoms with Gasteiger partial charge in [0.25, 0.3) is 6.43 Å². The molecule has 0 amide bonds. The van der Waals surface area contributed by atoms with Crippen LogP contribution in [-0.2, 0) is 12.1 Å². The van der Waals surface area contributed by atoms with E-state index in [-0.39, 0.29) is 0 Å². The molecule has 102 valence electrons. The third kappa shape index (κ3) is 2.55. The Bertz CT molecular complexity index is 563. The smallest absolute Gasteiger partial charge is 0.272 e. The van der Waals surface area contributed by atoms with Gasteiger partial charge in [-0.25, -0.2) is 17.6 Å². The minimum Gasteiger partial charge on any atom is -0.377 e. The molecule has 0 saturated carbocycles. The number of rotatable bonds is 4. The van der Waals surface area contributed by atoms with Crippen LogP contribution in [0.1, 0.15) is 5.56 Å². The molecule has 2 rings (SSSR count). The molecule has 1 aromatic heterocycles. The molecule has 1 atom stereocenters. The van der Waals surface area contributed by atoms with E-state index in [9.17, 15) is 22.7 Å². The number of alkyl halides is 2. The number of aliphatic hydroxyl groups is 1. The minimum absolute atomic E-state index is 0.414. The van der Waals surface area contributed by atoms with Gasteiger partial charge in [0.05, 0.1) is 0 Å². The Morgan fingerprint density at radius 1 is 1.32 bits per heavy atom. The van der Waals surface area contributed by atoms with Crippen LogP contribution in [0.15, 0.2) is 24.5 Å². The van der Waals surface area contributed by atoms with E-state index >= 15 is 0 Å². The highest BCUT2D eigenvalue weighted by Gasteiger charge is 2.43. The monoisotopic (exact) mass is 276 g/mol. The Morgan fingerprint density at radius 2 is 2.05 bits per heavy atom. The molecule has 9 heteroatoms. The summed E-state index contributed by atoms with van der Waals surface area (Å²) in [6, 6.07) is 1.95. The SMILES string of the molecule is OC(Cn1ncnn1)(c1ccc(F)cc1F)C(F)F. The lowest BCUT2D eigenvalue weighted by molar-refractivity contribution is -0.118. The molecule has 19 heavy (non-hydrogen) atoms. The third-order valence-electron chi connectivity index (χ3n) is 2.53. The van der Waals surface area contributed by atoms with Crippen LogP contribution in [0.2, 0.25) is 0 Å². The van der Waals surface area contributed by atoms with Crippen molar-refractivity contribution in [3.8, 4) is 0 Å². The first-order valence-electron chi connectivity index (χ1n) is 5.10. The second kappa shape index (κ2) is 4.92. The van der Waals surface area contributed by atoms with Crippen LogP contribution in [0.4, 0.5) is 17.6 Å². The van der Waals surface area contributed by atoms with Crippen LogP contribution in [-0.4, -0.2) is 31.7 Å². The van der Waals surface area contributed by atoms with Gasteiger partial charge in [0, 0.05) is 11.6 Å². The molecule has 1 N–H and O–H groups in total. The Kier molecular flexibility index (Phi) is 3.47. The van der Waals surface area contributed by atoms with Gasteiger partial charge in [0.1, 0.15) is 18.2 Å². The van der Waals surface area contributed by atoms with E-state index < -0.39 is 35.8 Å². The fourth-order valence-electron chi connectivity index (χ4n) is 1.59. The maximum Gasteiger partial charge on any atom is 0.272 e. The first kappa shape index (κ1) is 13.4. The van der Waals surface area contributed by atoms with Crippen LogP contribution >= 0.6 is 0 Å². The first-order chi connectivity index (χ1) is 8.93. The lowest BCUT2D eigenvalue weighted by Gasteiger charge is -2.27. The quantitative estimate of drug-likeness (QED) is 0.849. The molecule has 1 unspecified atom stereocenters. The lowest BCUT2D eigenvalue weighted by Crippen LogP contribution is -2.40. The first-order valence-corrected chi connectivity index (χ1v) is 5.10. The van der Waals surface area contributed by atoms with Gasteiger partial charge in [-0.15, -0.1) is 10.2 Å². The van der Waals surface area contributed by atoms with Crippen LogP contribution in [0.25, 0.3) is 0 Å². The summed E-state index contributed by atoms with van der Waals surface area (Å²) in [5.74, 6) is -2.21. The molecule has 2 aromatic rings. The Balaban J connectivity index is 2.43. The molecule has 0 aliphatic carbocycles. The lowest BCUT2D eigenvalue weighted by atomic mass is 9.93. The van der Waals surface area contributed by atoms with Crippen molar-refractivity contribution in [2.24, 2.45) is 0 Å². The standard InChI is InChI=1S/C10H8F4N4O/c11-6-1-2-7(8(12)3-6)10(19,9(13)14)4-18-16-5-15-17-18/h1-3,5,9,19H,4H2. The summed E-state index contributed by atoms with van der Waals surface area (Å²) in [4.78, 5) is 0.689. The number of tetrazole rings is 1. The van der Waals surface area contributed by atoms with Crippen LogP contribution in [0.3, 0.4) is 0 Å². The third-order valence-corrected chi connectivity index (χ3v) is 2.53. The highest BCUT2D eigenvalue weighted by molar-refractivity contribution is 5.25. The van der Waals surface area contributed by atoms with Crippen molar-refractivity contribution in [3.05, 3.63) is 41.7 Å². The summed E-state index contributed by atoms with van der Waals surface area (Å²) in [7, 11) is 0. The second-order valence-corrected chi connectivity index (χ2v) is 3.82. The van der Waals surface area contributed by atoms with E-state index in [1.54, 1.807) is 0 Å². The van der Waals surface area contributed by atoms with E-state index in [1.807, 2.05) is 0 Å². The maximum absolute atomic E-state index is 13.5. The van der Waals surface area contributed by atoms with Gasteiger partial charge in [-0.3, -0.25) is 0 Å². The highest BCUT2D eigenvalue weighted by atomic mass is 19.3. The number of hydrogen-bond acceptors (Lipinski definition) is 4. The van der Waals surface area contributed by atoms with Crippen molar-refractivity contribution in [2.45, 2.75) is 18.6 Å². The number of aromatic nitrogens is 4. The molecule has 0 bridgehead atoms. The van der Waals surface area contributed by atoms with Crippen molar-refractivity contribution in [3.63, 3.8) is 0 Å². The molecule has 0 aliphatic heterocycles. The van der Waals surface area contributed by atoms with Crippen LogP contribution in [0, 0.1) is 11.6 Å². The average Bonchev–Trinajstić information content (AvgIpc) is 2.81. The Morgan fingerprint density at radius 3 is 2.58 bits per heavy atom. The molecule has 0 aliphatic rings. The molecule has 0 spiro atoms. The molecule has 5 nitrogen and oxygen atoms in total. The Labute approximate surface area is 104 Å². The summed E-state index contributed by atoms with van der Waals surface area (Å²) in [5, 5.41) is 20.0. The molecule has 0 radical (unpaired) electrons. The zero-order chi connectivity index (χ0) is 14.0. The number of hydrogen-bond donors (Lipinski definition) is 1. The van der Waals surface area contributed by atoms with Gasteiger partial charge in [-0.1, -0.05) is 6.07 Å².